The average molecular weight is 241 g/mol. The van der Waals surface area contributed by atoms with Gasteiger partial charge in [0.2, 0.25) is 5.76 Å². The van der Waals surface area contributed by atoms with Crippen molar-refractivity contribution in [2.75, 3.05) is 26.8 Å². The number of aliphatic hydroxyl groups is 1. The summed E-state index contributed by atoms with van der Waals surface area (Å²) in [5.74, 6) is -0.00891. The van der Waals surface area contributed by atoms with Gasteiger partial charge in [0.15, 0.2) is 0 Å². The summed E-state index contributed by atoms with van der Waals surface area (Å²) >= 11 is 0. The molecule has 5 nitrogen and oxygen atoms in total. The fourth-order valence-electron chi connectivity index (χ4n) is 2.37. The van der Waals surface area contributed by atoms with Crippen LogP contribution in [0.1, 0.15) is 25.7 Å². The number of hydrogen-bond donors (Lipinski definition) is 1. The van der Waals surface area contributed by atoms with Gasteiger partial charge in [-0.15, -0.1) is 0 Å². The Morgan fingerprint density at radius 2 is 2.18 bits per heavy atom. The summed E-state index contributed by atoms with van der Waals surface area (Å²) in [6.07, 6.45) is 4.94. The smallest absolute Gasteiger partial charge is 0.292 e. The molecule has 1 saturated carbocycles. The third kappa shape index (κ3) is 2.91. The molecule has 0 aromatic carbocycles. The van der Waals surface area contributed by atoms with Crippen LogP contribution >= 0.6 is 0 Å². The zero-order chi connectivity index (χ0) is 12.3. The molecule has 1 heterocycles. The zero-order valence-electron chi connectivity index (χ0n) is 10.1. The summed E-state index contributed by atoms with van der Waals surface area (Å²) in [6, 6.07) is 0. The van der Waals surface area contributed by atoms with Crippen molar-refractivity contribution in [3.8, 4) is 0 Å². The maximum Gasteiger partial charge on any atom is 0.292 e. The molecule has 2 rings (SSSR count). The number of amides is 1. The number of hydrogen-bond acceptors (Lipinski definition) is 4. The van der Waals surface area contributed by atoms with Gasteiger partial charge in [0.05, 0.1) is 5.60 Å². The normalized spacial score (nSPS) is 22.4. The number of carbonyl (C=O) groups excluding carboxylic acids is 1. The Hall–Kier alpha value is -1.23. The van der Waals surface area contributed by atoms with Gasteiger partial charge in [0, 0.05) is 13.6 Å². The van der Waals surface area contributed by atoms with Crippen LogP contribution in [0.2, 0.25) is 0 Å². The molecule has 5 heteroatoms. The second-order valence-corrected chi connectivity index (χ2v) is 4.79. The molecule has 0 unspecified atom stereocenters. The third-order valence-electron chi connectivity index (χ3n) is 3.27. The molecule has 0 radical (unpaired) electrons. The minimum absolute atomic E-state index is 0.223. The highest BCUT2D eigenvalue weighted by molar-refractivity contribution is 5.91. The van der Waals surface area contributed by atoms with Crippen LogP contribution in [-0.2, 0) is 14.3 Å². The predicted molar refractivity (Wildman–Crippen MR) is 61.0 cm³/mol. The fraction of sp³-hybridized carbons (Fsp3) is 0.750. The Labute approximate surface area is 101 Å². The first-order chi connectivity index (χ1) is 8.11. The van der Waals surface area contributed by atoms with E-state index in [9.17, 15) is 9.90 Å². The molecule has 0 aromatic rings. The van der Waals surface area contributed by atoms with E-state index in [1.807, 2.05) is 0 Å². The standard InChI is InChI=1S/C12H19NO4/c1-13(9-12(15)4-2-3-5-12)11(14)10-8-16-6-7-17-10/h8,15H,2-7,9H2,1H3. The second kappa shape index (κ2) is 4.96. The van der Waals surface area contributed by atoms with Gasteiger partial charge in [-0.2, -0.15) is 0 Å². The topological polar surface area (TPSA) is 59.0 Å². The maximum atomic E-state index is 12.0. The molecule has 0 atom stereocenters. The molecule has 1 aliphatic carbocycles. The molecule has 96 valence electrons. The minimum atomic E-state index is -0.722. The highest BCUT2D eigenvalue weighted by atomic mass is 16.6. The van der Waals surface area contributed by atoms with E-state index < -0.39 is 5.60 Å². The zero-order valence-corrected chi connectivity index (χ0v) is 10.1. The third-order valence-corrected chi connectivity index (χ3v) is 3.27. The Morgan fingerprint density at radius 3 is 2.76 bits per heavy atom. The predicted octanol–water partition coefficient (Wildman–Crippen LogP) is 0.638. The van der Waals surface area contributed by atoms with E-state index >= 15 is 0 Å². The molecule has 1 amide bonds. The van der Waals surface area contributed by atoms with Gasteiger partial charge in [0.25, 0.3) is 5.91 Å². The first kappa shape index (κ1) is 12.2. The highest BCUT2D eigenvalue weighted by Crippen LogP contribution is 2.30. The van der Waals surface area contributed by atoms with Gasteiger partial charge >= 0.3 is 0 Å². The van der Waals surface area contributed by atoms with Crippen molar-refractivity contribution in [2.24, 2.45) is 0 Å². The summed E-state index contributed by atoms with van der Waals surface area (Å²) in [5.41, 5.74) is -0.722. The molecule has 0 bridgehead atoms. The van der Waals surface area contributed by atoms with Crippen LogP contribution in [-0.4, -0.2) is 48.3 Å². The highest BCUT2D eigenvalue weighted by Gasteiger charge is 2.34. The molecule has 0 spiro atoms. The Kier molecular flexibility index (Phi) is 3.57. The molecule has 0 aromatic heterocycles. The van der Waals surface area contributed by atoms with Crippen LogP contribution < -0.4 is 0 Å². The Bertz CT molecular complexity index is 320. The van der Waals surface area contributed by atoms with Crippen LogP contribution in [0.3, 0.4) is 0 Å². The van der Waals surface area contributed by atoms with Gasteiger partial charge in [-0.1, -0.05) is 12.8 Å². The number of rotatable bonds is 3. The van der Waals surface area contributed by atoms with Crippen molar-refractivity contribution in [3.63, 3.8) is 0 Å². The minimum Gasteiger partial charge on any atom is -0.494 e. The van der Waals surface area contributed by atoms with Gasteiger partial charge in [-0.3, -0.25) is 4.79 Å². The molecule has 17 heavy (non-hydrogen) atoms. The van der Waals surface area contributed by atoms with Crippen LogP contribution in [0, 0.1) is 0 Å². The number of carbonyl (C=O) groups is 1. The van der Waals surface area contributed by atoms with Gasteiger partial charge in [-0.05, 0) is 12.8 Å². The molecular weight excluding hydrogens is 222 g/mol. The van der Waals surface area contributed by atoms with E-state index in [1.54, 1.807) is 7.05 Å². The lowest BCUT2D eigenvalue weighted by Gasteiger charge is -2.29. The van der Waals surface area contributed by atoms with E-state index in [0.29, 0.717) is 19.8 Å². The molecule has 1 fully saturated rings. The lowest BCUT2D eigenvalue weighted by atomic mass is 10.0. The largest absolute Gasteiger partial charge is 0.494 e. The molecule has 2 aliphatic rings. The Morgan fingerprint density at radius 1 is 1.47 bits per heavy atom. The lowest BCUT2D eigenvalue weighted by Crippen LogP contribution is -2.43. The van der Waals surface area contributed by atoms with Crippen molar-refractivity contribution in [3.05, 3.63) is 12.0 Å². The van der Waals surface area contributed by atoms with Crippen molar-refractivity contribution in [1.82, 2.24) is 4.90 Å². The van der Waals surface area contributed by atoms with E-state index in [1.165, 1.54) is 11.2 Å². The van der Waals surface area contributed by atoms with Crippen LogP contribution in [0.25, 0.3) is 0 Å². The SMILES string of the molecule is CN(CC1(O)CCCC1)C(=O)C1=COCCO1. The first-order valence-electron chi connectivity index (χ1n) is 6.03. The van der Waals surface area contributed by atoms with Crippen LogP contribution in [0.4, 0.5) is 0 Å². The van der Waals surface area contributed by atoms with Crippen molar-refractivity contribution in [2.45, 2.75) is 31.3 Å². The fourth-order valence-corrected chi connectivity index (χ4v) is 2.37. The molecule has 1 N–H and O–H groups in total. The Balaban J connectivity index is 1.92. The van der Waals surface area contributed by atoms with E-state index in [4.69, 9.17) is 9.47 Å². The monoisotopic (exact) mass is 241 g/mol. The number of likely N-dealkylation sites (N-methyl/N-ethyl adjacent to an activating group) is 1. The second-order valence-electron chi connectivity index (χ2n) is 4.79. The van der Waals surface area contributed by atoms with Crippen molar-refractivity contribution < 1.29 is 19.4 Å². The molecular formula is C12H19NO4. The quantitative estimate of drug-likeness (QED) is 0.787. The maximum absolute atomic E-state index is 12.0. The van der Waals surface area contributed by atoms with Crippen molar-refractivity contribution >= 4 is 5.91 Å². The van der Waals surface area contributed by atoms with E-state index in [-0.39, 0.29) is 11.7 Å². The van der Waals surface area contributed by atoms with E-state index in [0.717, 1.165) is 25.7 Å². The lowest BCUT2D eigenvalue weighted by molar-refractivity contribution is -0.134. The molecule has 1 aliphatic heterocycles. The summed E-state index contributed by atoms with van der Waals surface area (Å²) in [4.78, 5) is 13.5. The first-order valence-corrected chi connectivity index (χ1v) is 6.03. The average Bonchev–Trinajstić information content (AvgIpc) is 2.76. The van der Waals surface area contributed by atoms with Gasteiger partial charge in [0.1, 0.15) is 19.5 Å². The van der Waals surface area contributed by atoms with Gasteiger partial charge < -0.3 is 19.5 Å². The summed E-state index contributed by atoms with van der Waals surface area (Å²) < 4.78 is 10.3. The van der Waals surface area contributed by atoms with Crippen LogP contribution in [0.5, 0.6) is 0 Å². The number of ether oxygens (including phenoxy) is 2. The van der Waals surface area contributed by atoms with Crippen LogP contribution in [0.15, 0.2) is 12.0 Å². The summed E-state index contributed by atoms with van der Waals surface area (Å²) in [6.45, 7) is 1.23. The van der Waals surface area contributed by atoms with Crippen molar-refractivity contribution in [1.29, 1.82) is 0 Å². The van der Waals surface area contributed by atoms with Gasteiger partial charge in [-0.25, -0.2) is 0 Å². The number of nitrogens with zero attached hydrogens (tertiary/aromatic N) is 1. The summed E-state index contributed by atoms with van der Waals surface area (Å²) in [5, 5.41) is 10.2. The van der Waals surface area contributed by atoms with E-state index in [2.05, 4.69) is 0 Å². The molecule has 0 saturated heterocycles. The summed E-state index contributed by atoms with van der Waals surface area (Å²) in [7, 11) is 1.68.